The van der Waals surface area contributed by atoms with Crippen molar-refractivity contribution in [3.8, 4) is 5.69 Å². The van der Waals surface area contributed by atoms with E-state index in [1.165, 1.54) is 0 Å². The Balaban J connectivity index is 1.75. The zero-order valence-corrected chi connectivity index (χ0v) is 11.1. The predicted molar refractivity (Wildman–Crippen MR) is 74.7 cm³/mol. The van der Waals surface area contributed by atoms with Crippen LogP contribution in [0, 0.1) is 0 Å². The van der Waals surface area contributed by atoms with Gasteiger partial charge in [-0.3, -0.25) is 4.79 Å². The third-order valence-electron chi connectivity index (χ3n) is 3.57. The van der Waals surface area contributed by atoms with Crippen LogP contribution in [-0.2, 0) is 0 Å². The van der Waals surface area contributed by atoms with E-state index in [9.17, 15) is 9.90 Å². The van der Waals surface area contributed by atoms with Crippen LogP contribution in [0.3, 0.4) is 0 Å². The summed E-state index contributed by atoms with van der Waals surface area (Å²) in [4.78, 5) is 14.1. The summed E-state index contributed by atoms with van der Waals surface area (Å²) in [5, 5.41) is 13.8. The number of likely N-dealkylation sites (tertiary alicyclic amines) is 1. The van der Waals surface area contributed by atoms with Crippen LogP contribution in [0.15, 0.2) is 42.7 Å². The van der Waals surface area contributed by atoms with Crippen molar-refractivity contribution in [1.29, 1.82) is 0 Å². The quantitative estimate of drug-likeness (QED) is 0.900. The number of carbonyl (C=O) groups is 1. The van der Waals surface area contributed by atoms with Gasteiger partial charge in [0.25, 0.3) is 5.91 Å². The molecule has 1 saturated heterocycles. The summed E-state index contributed by atoms with van der Waals surface area (Å²) in [6.07, 6.45) is 4.82. The van der Waals surface area contributed by atoms with Crippen LogP contribution >= 0.6 is 0 Å². The SMILES string of the molecule is O=C(c1ccc(-n2cccn2)cc1)N1CCC[C@H](O)C1. The maximum absolute atomic E-state index is 12.3. The summed E-state index contributed by atoms with van der Waals surface area (Å²) in [7, 11) is 0. The number of aliphatic hydroxyl groups is 1. The van der Waals surface area contributed by atoms with Gasteiger partial charge < -0.3 is 10.0 Å². The van der Waals surface area contributed by atoms with E-state index in [4.69, 9.17) is 0 Å². The Labute approximate surface area is 117 Å². The van der Waals surface area contributed by atoms with Gasteiger partial charge >= 0.3 is 0 Å². The smallest absolute Gasteiger partial charge is 0.253 e. The summed E-state index contributed by atoms with van der Waals surface area (Å²) in [5.74, 6) is -0.0178. The van der Waals surface area contributed by atoms with E-state index in [0.717, 1.165) is 25.1 Å². The summed E-state index contributed by atoms with van der Waals surface area (Å²) in [6.45, 7) is 1.15. The fraction of sp³-hybridized carbons (Fsp3) is 0.333. The fourth-order valence-corrected chi connectivity index (χ4v) is 2.50. The number of hydrogen-bond acceptors (Lipinski definition) is 3. The molecule has 1 aliphatic heterocycles. The molecule has 5 heteroatoms. The van der Waals surface area contributed by atoms with Crippen molar-refractivity contribution in [3.63, 3.8) is 0 Å². The highest BCUT2D eigenvalue weighted by molar-refractivity contribution is 5.94. The minimum Gasteiger partial charge on any atom is -0.391 e. The van der Waals surface area contributed by atoms with Crippen molar-refractivity contribution in [2.75, 3.05) is 13.1 Å². The van der Waals surface area contributed by atoms with E-state index in [1.807, 2.05) is 24.4 Å². The maximum atomic E-state index is 12.3. The molecule has 1 fully saturated rings. The average Bonchev–Trinajstić information content (AvgIpc) is 3.01. The van der Waals surface area contributed by atoms with Gasteiger partial charge in [0.1, 0.15) is 0 Å². The summed E-state index contributed by atoms with van der Waals surface area (Å²) in [5.41, 5.74) is 1.57. The molecule has 0 saturated carbocycles. The molecule has 0 radical (unpaired) electrons. The van der Waals surface area contributed by atoms with Gasteiger partial charge in [-0.25, -0.2) is 4.68 Å². The highest BCUT2D eigenvalue weighted by Gasteiger charge is 2.22. The monoisotopic (exact) mass is 271 g/mol. The Bertz CT molecular complexity index is 578. The van der Waals surface area contributed by atoms with E-state index in [1.54, 1.807) is 27.9 Å². The Hall–Kier alpha value is -2.14. The van der Waals surface area contributed by atoms with Crippen molar-refractivity contribution < 1.29 is 9.90 Å². The van der Waals surface area contributed by atoms with E-state index < -0.39 is 6.10 Å². The molecule has 1 amide bonds. The number of rotatable bonds is 2. The van der Waals surface area contributed by atoms with E-state index >= 15 is 0 Å². The van der Waals surface area contributed by atoms with Crippen LogP contribution in [-0.4, -0.2) is 44.9 Å². The first-order valence-electron chi connectivity index (χ1n) is 6.81. The van der Waals surface area contributed by atoms with Crippen LogP contribution in [0.5, 0.6) is 0 Å². The summed E-state index contributed by atoms with van der Waals surface area (Å²) >= 11 is 0. The molecule has 2 aromatic rings. The number of aromatic nitrogens is 2. The summed E-state index contributed by atoms with van der Waals surface area (Å²) in [6, 6.07) is 9.22. The number of β-amino-alcohol motifs (C(OH)–C–C–N with tert-alkyl or cyclic N) is 1. The molecule has 1 aromatic heterocycles. The van der Waals surface area contributed by atoms with E-state index in [0.29, 0.717) is 12.1 Å². The van der Waals surface area contributed by atoms with Gasteiger partial charge in [-0.2, -0.15) is 5.10 Å². The third kappa shape index (κ3) is 2.58. The zero-order chi connectivity index (χ0) is 13.9. The first-order valence-corrected chi connectivity index (χ1v) is 6.81. The van der Waals surface area contributed by atoms with E-state index in [-0.39, 0.29) is 5.91 Å². The minimum atomic E-state index is -0.393. The number of nitrogens with zero attached hydrogens (tertiary/aromatic N) is 3. The largest absolute Gasteiger partial charge is 0.391 e. The molecule has 1 atom stereocenters. The Morgan fingerprint density at radius 3 is 2.75 bits per heavy atom. The lowest BCUT2D eigenvalue weighted by atomic mass is 10.1. The first kappa shape index (κ1) is 12.9. The number of piperidine rings is 1. The van der Waals surface area contributed by atoms with Crippen LogP contribution in [0.4, 0.5) is 0 Å². The third-order valence-corrected chi connectivity index (χ3v) is 3.57. The molecule has 0 spiro atoms. The van der Waals surface area contributed by atoms with Crippen molar-refractivity contribution in [2.45, 2.75) is 18.9 Å². The van der Waals surface area contributed by atoms with Crippen molar-refractivity contribution in [1.82, 2.24) is 14.7 Å². The second-order valence-electron chi connectivity index (χ2n) is 5.04. The molecule has 20 heavy (non-hydrogen) atoms. The van der Waals surface area contributed by atoms with Gasteiger partial charge in [-0.05, 0) is 43.2 Å². The van der Waals surface area contributed by atoms with Crippen LogP contribution in [0.1, 0.15) is 23.2 Å². The highest BCUT2D eigenvalue weighted by Crippen LogP contribution is 2.15. The van der Waals surface area contributed by atoms with Gasteiger partial charge in [0, 0.05) is 31.0 Å². The molecule has 1 aliphatic rings. The zero-order valence-electron chi connectivity index (χ0n) is 11.1. The predicted octanol–water partition coefficient (Wildman–Crippen LogP) is 1.47. The number of benzene rings is 1. The summed E-state index contributed by atoms with van der Waals surface area (Å²) < 4.78 is 1.75. The second-order valence-corrected chi connectivity index (χ2v) is 5.04. The minimum absolute atomic E-state index is 0.0178. The number of amides is 1. The number of carbonyl (C=O) groups excluding carboxylic acids is 1. The fourth-order valence-electron chi connectivity index (χ4n) is 2.50. The van der Waals surface area contributed by atoms with Gasteiger partial charge in [0.15, 0.2) is 0 Å². The highest BCUT2D eigenvalue weighted by atomic mass is 16.3. The normalized spacial score (nSPS) is 19.1. The molecule has 0 unspecified atom stereocenters. The Morgan fingerprint density at radius 2 is 2.10 bits per heavy atom. The van der Waals surface area contributed by atoms with Crippen LogP contribution in [0.2, 0.25) is 0 Å². The number of aliphatic hydroxyl groups excluding tert-OH is 1. The molecule has 1 N–H and O–H groups in total. The molecule has 104 valence electrons. The molecular weight excluding hydrogens is 254 g/mol. The van der Waals surface area contributed by atoms with Crippen molar-refractivity contribution in [3.05, 3.63) is 48.3 Å². The van der Waals surface area contributed by atoms with Crippen LogP contribution < -0.4 is 0 Å². The molecule has 0 aliphatic carbocycles. The van der Waals surface area contributed by atoms with Gasteiger partial charge in [-0.1, -0.05) is 0 Å². The molecule has 5 nitrogen and oxygen atoms in total. The standard InChI is InChI=1S/C15H17N3O2/c19-14-3-1-9-17(11-14)15(20)12-4-6-13(7-5-12)18-10-2-8-16-18/h2,4-8,10,14,19H,1,3,9,11H2/t14-/m0/s1. The molecule has 0 bridgehead atoms. The van der Waals surface area contributed by atoms with Crippen molar-refractivity contribution in [2.24, 2.45) is 0 Å². The molecule has 2 heterocycles. The lowest BCUT2D eigenvalue weighted by molar-refractivity contribution is 0.0474. The lowest BCUT2D eigenvalue weighted by Crippen LogP contribution is -2.42. The second kappa shape index (κ2) is 5.46. The van der Waals surface area contributed by atoms with E-state index in [2.05, 4.69) is 5.10 Å². The van der Waals surface area contributed by atoms with Crippen LogP contribution in [0.25, 0.3) is 5.69 Å². The Morgan fingerprint density at radius 1 is 1.30 bits per heavy atom. The van der Waals surface area contributed by atoms with Gasteiger partial charge in [-0.15, -0.1) is 0 Å². The average molecular weight is 271 g/mol. The van der Waals surface area contributed by atoms with Gasteiger partial charge in [0.2, 0.25) is 0 Å². The topological polar surface area (TPSA) is 58.4 Å². The number of hydrogen-bond donors (Lipinski definition) is 1. The van der Waals surface area contributed by atoms with Gasteiger partial charge in [0.05, 0.1) is 11.8 Å². The maximum Gasteiger partial charge on any atom is 0.253 e. The molecule has 1 aromatic carbocycles. The van der Waals surface area contributed by atoms with Crippen molar-refractivity contribution >= 4 is 5.91 Å². The lowest BCUT2D eigenvalue weighted by Gasteiger charge is -2.30. The first-order chi connectivity index (χ1) is 9.74. The molecule has 3 rings (SSSR count). The molecular formula is C15H17N3O2. The Kier molecular flexibility index (Phi) is 3.52.